The Kier molecular flexibility index (Phi) is 1.88. The van der Waals surface area contributed by atoms with Crippen LogP contribution in [0.1, 0.15) is 24.8 Å². The molecule has 2 bridgehead atoms. The largest absolute Gasteiger partial charge is 0.481 e. The van der Waals surface area contributed by atoms with E-state index in [4.69, 9.17) is 5.11 Å². The van der Waals surface area contributed by atoms with Gasteiger partial charge in [0, 0.05) is 0 Å². The van der Waals surface area contributed by atoms with Crippen molar-refractivity contribution in [3.63, 3.8) is 0 Å². The van der Waals surface area contributed by atoms with Crippen molar-refractivity contribution in [3.05, 3.63) is 35.6 Å². The van der Waals surface area contributed by atoms with Gasteiger partial charge in [-0.1, -0.05) is 12.1 Å². The van der Waals surface area contributed by atoms with E-state index in [2.05, 4.69) is 0 Å². The lowest BCUT2D eigenvalue weighted by atomic mass is 9.65. The van der Waals surface area contributed by atoms with Gasteiger partial charge >= 0.3 is 5.97 Å². The van der Waals surface area contributed by atoms with Crippen LogP contribution in [0.15, 0.2) is 24.3 Å². The van der Waals surface area contributed by atoms with Crippen molar-refractivity contribution >= 4 is 5.97 Å². The summed E-state index contributed by atoms with van der Waals surface area (Å²) in [5.74, 6) is -0.834. The summed E-state index contributed by atoms with van der Waals surface area (Å²) in [5.41, 5.74) is 0.933. The van der Waals surface area contributed by atoms with Crippen LogP contribution in [0, 0.1) is 17.7 Å². The second-order valence-electron chi connectivity index (χ2n) is 5.11. The van der Waals surface area contributed by atoms with Gasteiger partial charge in [-0.2, -0.15) is 0 Å². The number of carboxylic acids is 1. The highest BCUT2D eigenvalue weighted by atomic mass is 19.1. The normalized spacial score (nSPS) is 35.8. The van der Waals surface area contributed by atoms with E-state index in [1.54, 1.807) is 12.1 Å². The van der Waals surface area contributed by atoms with Crippen LogP contribution < -0.4 is 0 Å². The van der Waals surface area contributed by atoms with Gasteiger partial charge in [-0.05, 0) is 48.3 Å². The molecule has 0 aliphatic heterocycles. The Hall–Kier alpha value is -1.38. The monoisotopic (exact) mass is 220 g/mol. The summed E-state index contributed by atoms with van der Waals surface area (Å²) < 4.78 is 13.1. The maximum atomic E-state index is 13.1. The third-order valence-electron chi connectivity index (χ3n) is 4.24. The Morgan fingerprint density at radius 1 is 1.38 bits per heavy atom. The number of halogens is 1. The first kappa shape index (κ1) is 9.82. The van der Waals surface area contributed by atoms with E-state index in [0.717, 1.165) is 18.4 Å². The molecule has 0 aromatic heterocycles. The molecule has 1 unspecified atom stereocenters. The van der Waals surface area contributed by atoms with Crippen molar-refractivity contribution < 1.29 is 14.3 Å². The first-order valence-electron chi connectivity index (χ1n) is 5.60. The van der Waals surface area contributed by atoms with Crippen molar-refractivity contribution in [3.8, 4) is 0 Å². The predicted octanol–water partition coefficient (Wildman–Crippen LogP) is 2.58. The topological polar surface area (TPSA) is 37.3 Å². The maximum absolute atomic E-state index is 13.1. The molecule has 0 spiro atoms. The van der Waals surface area contributed by atoms with Crippen LogP contribution in [0.5, 0.6) is 0 Å². The van der Waals surface area contributed by atoms with Crippen molar-refractivity contribution in [1.29, 1.82) is 0 Å². The van der Waals surface area contributed by atoms with Crippen LogP contribution >= 0.6 is 0 Å². The average molecular weight is 220 g/mol. The molecule has 0 saturated heterocycles. The maximum Gasteiger partial charge on any atom is 0.306 e. The highest BCUT2D eigenvalue weighted by molar-refractivity contribution is 5.72. The minimum Gasteiger partial charge on any atom is -0.481 e. The van der Waals surface area contributed by atoms with Gasteiger partial charge in [0.2, 0.25) is 0 Å². The molecule has 3 fully saturated rings. The summed E-state index contributed by atoms with van der Waals surface area (Å²) in [6.45, 7) is 0. The van der Waals surface area contributed by atoms with Gasteiger partial charge in [0.15, 0.2) is 0 Å². The standard InChI is InChI=1S/C13H13FO2/c14-10-3-1-2-9(4-10)13-5-8(6-13)11(7-13)12(15)16/h1-4,8,11H,5-7H2,(H,15,16). The first-order valence-corrected chi connectivity index (χ1v) is 5.60. The SMILES string of the molecule is O=C(O)C1CC2(c3cccc(F)c3)CC1C2. The van der Waals surface area contributed by atoms with E-state index in [-0.39, 0.29) is 17.2 Å². The van der Waals surface area contributed by atoms with Crippen molar-refractivity contribution in [2.45, 2.75) is 24.7 Å². The Labute approximate surface area is 93.1 Å². The Morgan fingerprint density at radius 3 is 2.69 bits per heavy atom. The first-order chi connectivity index (χ1) is 7.61. The van der Waals surface area contributed by atoms with Gasteiger partial charge in [-0.25, -0.2) is 4.39 Å². The second-order valence-corrected chi connectivity index (χ2v) is 5.11. The quantitative estimate of drug-likeness (QED) is 0.831. The Bertz CT molecular complexity index is 449. The molecule has 3 aliphatic rings. The summed E-state index contributed by atoms with van der Waals surface area (Å²) >= 11 is 0. The fourth-order valence-corrected chi connectivity index (χ4v) is 3.44. The Balaban J connectivity index is 1.91. The summed E-state index contributed by atoms with van der Waals surface area (Å²) in [6, 6.07) is 6.62. The molecule has 0 radical (unpaired) electrons. The molecule has 1 N–H and O–H groups in total. The number of benzene rings is 1. The van der Waals surface area contributed by atoms with E-state index in [9.17, 15) is 9.18 Å². The number of carbonyl (C=O) groups is 1. The zero-order valence-corrected chi connectivity index (χ0v) is 8.82. The summed E-state index contributed by atoms with van der Waals surface area (Å²) in [5, 5.41) is 9.05. The van der Waals surface area contributed by atoms with Gasteiger partial charge in [0.05, 0.1) is 5.92 Å². The number of aliphatic carboxylic acids is 1. The van der Waals surface area contributed by atoms with Crippen LogP contribution in [0.3, 0.4) is 0 Å². The molecular formula is C13H13FO2. The smallest absolute Gasteiger partial charge is 0.306 e. The zero-order valence-electron chi connectivity index (χ0n) is 8.82. The van der Waals surface area contributed by atoms with E-state index < -0.39 is 5.97 Å². The van der Waals surface area contributed by atoms with Crippen LogP contribution in [0.2, 0.25) is 0 Å². The molecule has 84 valence electrons. The van der Waals surface area contributed by atoms with E-state index in [0.29, 0.717) is 12.3 Å². The minimum absolute atomic E-state index is 0.0458. The Morgan fingerprint density at radius 2 is 2.12 bits per heavy atom. The van der Waals surface area contributed by atoms with E-state index in [1.165, 1.54) is 6.07 Å². The third kappa shape index (κ3) is 1.20. The number of carboxylic acid groups (broad SMARTS) is 1. The fraction of sp³-hybridized carbons (Fsp3) is 0.462. The molecule has 4 rings (SSSR count). The zero-order chi connectivity index (χ0) is 11.3. The van der Waals surface area contributed by atoms with Crippen LogP contribution in [0.4, 0.5) is 4.39 Å². The van der Waals surface area contributed by atoms with Crippen LogP contribution in [0.25, 0.3) is 0 Å². The predicted molar refractivity (Wildman–Crippen MR) is 56.5 cm³/mol. The molecule has 1 atom stereocenters. The molecule has 1 aromatic rings. The lowest BCUT2D eigenvalue weighted by Gasteiger charge is -2.39. The number of rotatable bonds is 2. The van der Waals surface area contributed by atoms with E-state index >= 15 is 0 Å². The van der Waals surface area contributed by atoms with Gasteiger partial charge < -0.3 is 5.11 Å². The molecule has 3 aliphatic carbocycles. The lowest BCUT2D eigenvalue weighted by molar-refractivity contribution is -0.142. The van der Waals surface area contributed by atoms with E-state index in [1.807, 2.05) is 6.07 Å². The molecule has 0 amide bonds. The van der Waals surface area contributed by atoms with Crippen molar-refractivity contribution in [2.75, 3.05) is 0 Å². The van der Waals surface area contributed by atoms with Crippen LogP contribution in [-0.4, -0.2) is 11.1 Å². The highest BCUT2D eigenvalue weighted by Crippen LogP contribution is 2.62. The van der Waals surface area contributed by atoms with Crippen molar-refractivity contribution in [1.82, 2.24) is 0 Å². The van der Waals surface area contributed by atoms with Gasteiger partial charge in [-0.3, -0.25) is 4.79 Å². The molecule has 1 aromatic carbocycles. The molecular weight excluding hydrogens is 207 g/mol. The van der Waals surface area contributed by atoms with Crippen molar-refractivity contribution in [2.24, 2.45) is 11.8 Å². The van der Waals surface area contributed by atoms with Gasteiger partial charge in [-0.15, -0.1) is 0 Å². The molecule has 0 heterocycles. The van der Waals surface area contributed by atoms with Crippen LogP contribution in [-0.2, 0) is 10.2 Å². The molecule has 3 heteroatoms. The molecule has 16 heavy (non-hydrogen) atoms. The molecule has 3 saturated carbocycles. The summed E-state index contributed by atoms with van der Waals surface area (Å²) in [7, 11) is 0. The average Bonchev–Trinajstić information content (AvgIpc) is 2.71. The summed E-state index contributed by atoms with van der Waals surface area (Å²) in [4.78, 5) is 11.0. The lowest BCUT2D eigenvalue weighted by Crippen LogP contribution is -2.32. The fourth-order valence-electron chi connectivity index (χ4n) is 3.44. The highest BCUT2D eigenvalue weighted by Gasteiger charge is 2.58. The molecule has 2 nitrogen and oxygen atoms in total. The van der Waals surface area contributed by atoms with Gasteiger partial charge in [0.1, 0.15) is 5.82 Å². The van der Waals surface area contributed by atoms with Gasteiger partial charge in [0.25, 0.3) is 0 Å². The third-order valence-corrected chi connectivity index (χ3v) is 4.24. The minimum atomic E-state index is -0.694. The number of fused-ring (bicyclic) bond motifs is 1. The number of hydrogen-bond donors (Lipinski definition) is 1. The second kappa shape index (κ2) is 3.06. The number of hydrogen-bond acceptors (Lipinski definition) is 1. The summed E-state index contributed by atoms with van der Waals surface area (Å²) in [6.07, 6.45) is 2.50.